The van der Waals surface area contributed by atoms with Crippen molar-refractivity contribution >= 4 is 47.0 Å². The van der Waals surface area contributed by atoms with Crippen LogP contribution < -0.4 is 10.9 Å². The summed E-state index contributed by atoms with van der Waals surface area (Å²) in [6, 6.07) is 13.7. The average molecular weight is 644 g/mol. The number of benzene rings is 2. The molecule has 3 aromatic rings. The molecule has 47 heavy (non-hydrogen) atoms. The van der Waals surface area contributed by atoms with Crippen LogP contribution in [0.5, 0.6) is 0 Å². The first-order valence-corrected chi connectivity index (χ1v) is 19.0. The number of hydrogen-bond donors (Lipinski definition) is 0. The van der Waals surface area contributed by atoms with Gasteiger partial charge in [-0.1, -0.05) is 102 Å². The Morgan fingerprint density at radius 3 is 1.30 bits per heavy atom. The monoisotopic (exact) mass is 643 g/mol. The molecule has 5 rings (SSSR count). The summed E-state index contributed by atoms with van der Waals surface area (Å²) in [5.41, 5.74) is 3.19. The molecule has 1 unspecified atom stereocenters. The minimum Gasteiger partial charge on any atom is -0.399 e. The van der Waals surface area contributed by atoms with Gasteiger partial charge in [0.15, 0.2) is 0 Å². The molecule has 1 atom stereocenters. The average Bonchev–Trinajstić information content (AvgIpc) is 3.52. The van der Waals surface area contributed by atoms with Crippen LogP contribution in [0.1, 0.15) is 146 Å². The summed E-state index contributed by atoms with van der Waals surface area (Å²) in [6.45, 7) is 22.7. The van der Waals surface area contributed by atoms with Crippen molar-refractivity contribution in [1.82, 2.24) is 4.57 Å². The molecule has 0 bridgehead atoms. The molecule has 0 saturated carbocycles. The Kier molecular flexibility index (Phi) is 11.3. The fourth-order valence-electron chi connectivity index (χ4n) is 7.24. The first-order chi connectivity index (χ1) is 22.2. The first-order valence-electron chi connectivity index (χ1n) is 19.0. The lowest BCUT2D eigenvalue weighted by atomic mass is 9.78. The molecular weight excluding hydrogens is 580 g/mol. The van der Waals surface area contributed by atoms with Crippen LogP contribution in [-0.4, -0.2) is 41.2 Å². The maximum atomic E-state index is 6.52. The second-order valence-electron chi connectivity index (χ2n) is 16.6. The molecule has 7 heteroatoms. The van der Waals surface area contributed by atoms with Gasteiger partial charge in [0.1, 0.15) is 0 Å². The van der Waals surface area contributed by atoms with E-state index in [9.17, 15) is 0 Å². The summed E-state index contributed by atoms with van der Waals surface area (Å²) in [5, 5.41) is 2.56. The van der Waals surface area contributed by atoms with Gasteiger partial charge in [0.25, 0.3) is 0 Å². The van der Waals surface area contributed by atoms with E-state index in [1.165, 1.54) is 98.9 Å². The molecule has 2 aromatic carbocycles. The third-order valence-corrected chi connectivity index (χ3v) is 11.8. The van der Waals surface area contributed by atoms with E-state index in [4.69, 9.17) is 18.6 Å². The third-order valence-electron chi connectivity index (χ3n) is 11.8. The largest absolute Gasteiger partial charge is 0.494 e. The van der Waals surface area contributed by atoms with Crippen LogP contribution in [0.15, 0.2) is 36.4 Å². The van der Waals surface area contributed by atoms with Gasteiger partial charge in [-0.3, -0.25) is 0 Å². The van der Waals surface area contributed by atoms with E-state index in [0.29, 0.717) is 5.92 Å². The van der Waals surface area contributed by atoms with Gasteiger partial charge in [0, 0.05) is 28.4 Å². The smallest absolute Gasteiger partial charge is 0.399 e. The Balaban J connectivity index is 1.53. The van der Waals surface area contributed by atoms with Crippen molar-refractivity contribution < 1.29 is 18.6 Å². The van der Waals surface area contributed by atoms with Gasteiger partial charge in [-0.2, -0.15) is 0 Å². The quantitative estimate of drug-likeness (QED) is 0.115. The fraction of sp³-hybridized carbons (Fsp3) is 0.700. The maximum Gasteiger partial charge on any atom is 0.494 e. The first kappa shape index (κ1) is 36.5. The molecule has 3 heterocycles. The number of unbranched alkanes of at least 4 members (excludes halogenated alkanes) is 8. The van der Waals surface area contributed by atoms with E-state index in [2.05, 4.69) is 110 Å². The molecule has 0 amide bonds. The van der Waals surface area contributed by atoms with Crippen molar-refractivity contribution in [3.05, 3.63) is 36.4 Å². The minimum absolute atomic E-state index is 0.377. The summed E-state index contributed by atoms with van der Waals surface area (Å²) in [5.74, 6) is 0.637. The Morgan fingerprint density at radius 2 is 0.894 bits per heavy atom. The zero-order valence-electron chi connectivity index (χ0n) is 31.5. The standard InChI is InChI=1S/C40H63B2NO4/c1-11-13-15-17-18-20-22-30(21-19-16-14-12-2)29-43-35-27-31(41-44-37(3,4)38(5,6)45-41)23-25-33(35)34-26-24-32(28-36(34)43)42-46-39(7,8)40(9,10)47-42/h23-28,30H,11-22,29H2,1-10H3. The summed E-state index contributed by atoms with van der Waals surface area (Å²) in [6.07, 6.45) is 15.9. The number of aromatic nitrogens is 1. The van der Waals surface area contributed by atoms with E-state index in [1.54, 1.807) is 0 Å². The highest BCUT2D eigenvalue weighted by atomic mass is 16.7. The predicted molar refractivity (Wildman–Crippen MR) is 201 cm³/mol. The second kappa shape index (κ2) is 14.6. The van der Waals surface area contributed by atoms with Crippen LogP contribution in [-0.2, 0) is 25.2 Å². The molecule has 2 saturated heterocycles. The molecule has 2 aliphatic heterocycles. The zero-order chi connectivity index (χ0) is 34.0. The van der Waals surface area contributed by atoms with Crippen LogP contribution in [0.2, 0.25) is 0 Å². The van der Waals surface area contributed by atoms with Gasteiger partial charge in [-0.25, -0.2) is 0 Å². The van der Waals surface area contributed by atoms with Gasteiger partial charge < -0.3 is 23.2 Å². The summed E-state index contributed by atoms with van der Waals surface area (Å²) in [7, 11) is -0.770. The summed E-state index contributed by atoms with van der Waals surface area (Å²) in [4.78, 5) is 0. The van der Waals surface area contributed by atoms with Gasteiger partial charge in [-0.15, -0.1) is 0 Å². The second-order valence-corrected chi connectivity index (χ2v) is 16.6. The van der Waals surface area contributed by atoms with Crippen molar-refractivity contribution in [2.75, 3.05) is 0 Å². The van der Waals surface area contributed by atoms with Crippen LogP contribution in [0, 0.1) is 5.92 Å². The van der Waals surface area contributed by atoms with Crippen LogP contribution in [0.4, 0.5) is 0 Å². The molecule has 1 aromatic heterocycles. The van der Waals surface area contributed by atoms with E-state index in [0.717, 1.165) is 17.5 Å². The molecule has 258 valence electrons. The summed E-state index contributed by atoms with van der Waals surface area (Å²) >= 11 is 0. The lowest BCUT2D eigenvalue weighted by molar-refractivity contribution is 0.00578. The topological polar surface area (TPSA) is 41.9 Å². The summed E-state index contributed by atoms with van der Waals surface area (Å²) < 4.78 is 28.7. The molecular formula is C40H63B2NO4. The fourth-order valence-corrected chi connectivity index (χ4v) is 7.24. The molecule has 0 aliphatic carbocycles. The number of fused-ring (bicyclic) bond motifs is 3. The zero-order valence-corrected chi connectivity index (χ0v) is 31.5. The van der Waals surface area contributed by atoms with Crippen molar-refractivity contribution in [1.29, 1.82) is 0 Å². The Bertz CT molecular complexity index is 1370. The third kappa shape index (κ3) is 7.84. The predicted octanol–water partition coefficient (Wildman–Crippen LogP) is 9.73. The lowest BCUT2D eigenvalue weighted by Crippen LogP contribution is -2.41. The molecule has 5 nitrogen and oxygen atoms in total. The number of hydrogen-bond acceptors (Lipinski definition) is 4. The van der Waals surface area contributed by atoms with Gasteiger partial charge in [-0.05, 0) is 97.2 Å². The van der Waals surface area contributed by atoms with Gasteiger partial charge in [0.05, 0.1) is 22.4 Å². The van der Waals surface area contributed by atoms with Crippen LogP contribution in [0.3, 0.4) is 0 Å². The SMILES string of the molecule is CCCCCCCCC(CCCCCC)Cn1c2cc(B3OC(C)(C)C(C)(C)O3)ccc2c2ccc(B3OC(C)(C)C(C)(C)O3)cc21. The van der Waals surface area contributed by atoms with Crippen molar-refractivity contribution in [3.8, 4) is 0 Å². The Labute approximate surface area is 287 Å². The van der Waals surface area contributed by atoms with Gasteiger partial charge >= 0.3 is 14.2 Å². The van der Waals surface area contributed by atoms with Crippen LogP contribution >= 0.6 is 0 Å². The molecule has 0 radical (unpaired) electrons. The normalized spacial score (nSPS) is 20.6. The molecule has 0 spiro atoms. The van der Waals surface area contributed by atoms with Crippen molar-refractivity contribution in [2.24, 2.45) is 5.92 Å². The molecule has 2 aliphatic rings. The van der Waals surface area contributed by atoms with E-state index < -0.39 is 0 Å². The highest BCUT2D eigenvalue weighted by molar-refractivity contribution is 6.63. The number of nitrogens with zero attached hydrogens (tertiary/aromatic N) is 1. The van der Waals surface area contributed by atoms with Gasteiger partial charge in [0.2, 0.25) is 0 Å². The highest BCUT2D eigenvalue weighted by Gasteiger charge is 2.53. The molecule has 2 fully saturated rings. The van der Waals surface area contributed by atoms with Crippen molar-refractivity contribution in [2.45, 2.75) is 175 Å². The minimum atomic E-state index is -0.385. The highest BCUT2D eigenvalue weighted by Crippen LogP contribution is 2.39. The van der Waals surface area contributed by atoms with E-state index in [-0.39, 0.29) is 36.6 Å². The Hall–Kier alpha value is -1.79. The van der Waals surface area contributed by atoms with Crippen molar-refractivity contribution in [3.63, 3.8) is 0 Å². The number of rotatable bonds is 16. The van der Waals surface area contributed by atoms with Crippen LogP contribution in [0.25, 0.3) is 21.8 Å². The maximum absolute atomic E-state index is 6.52. The van der Waals surface area contributed by atoms with E-state index >= 15 is 0 Å². The molecule has 0 N–H and O–H groups in total. The lowest BCUT2D eigenvalue weighted by Gasteiger charge is -2.32. The Morgan fingerprint density at radius 1 is 0.532 bits per heavy atom. The van der Waals surface area contributed by atoms with E-state index in [1.807, 2.05) is 0 Å².